The van der Waals surface area contributed by atoms with Gasteiger partial charge in [-0.15, -0.1) is 0 Å². The van der Waals surface area contributed by atoms with Gasteiger partial charge in [-0.05, 0) is 32.8 Å². The molecule has 3 heterocycles. The fourth-order valence-electron chi connectivity index (χ4n) is 3.52. The summed E-state index contributed by atoms with van der Waals surface area (Å²) in [5.41, 5.74) is -3.35. The minimum atomic E-state index is -2.22. The lowest BCUT2D eigenvalue weighted by atomic mass is 9.76. The largest absolute Gasteiger partial charge is 0.460 e. The Kier molecular flexibility index (Phi) is 3.78. The molecule has 0 aliphatic carbocycles. The molecule has 3 aliphatic heterocycles. The summed E-state index contributed by atoms with van der Waals surface area (Å²) in [7, 11) is 0. The van der Waals surface area contributed by atoms with E-state index >= 15 is 0 Å². The molecule has 0 amide bonds. The van der Waals surface area contributed by atoms with E-state index in [2.05, 4.69) is 4.90 Å². The maximum atomic E-state index is 12.4. The molecule has 23 heavy (non-hydrogen) atoms. The molecule has 7 heteroatoms. The highest BCUT2D eigenvalue weighted by atomic mass is 16.6. The Morgan fingerprint density at radius 3 is 2.70 bits per heavy atom. The molecule has 0 aromatic heterocycles. The second-order valence-electron chi connectivity index (χ2n) is 7.00. The predicted octanol–water partition coefficient (Wildman–Crippen LogP) is -0.393. The molecule has 2 N–H and O–H groups in total. The normalized spacial score (nSPS) is 44.9. The van der Waals surface area contributed by atoms with Crippen LogP contribution in [-0.2, 0) is 19.1 Å². The monoisotopic (exact) mass is 325 g/mol. The SMILES string of the molecule is C[C@@H]1C(=O)O[C@@H]2CCN3CC=C(COC(=O)[C@](C)(O)[C@]1(C)O)[C@H]23. The first-order chi connectivity index (χ1) is 10.7. The molecule has 0 unspecified atom stereocenters. The van der Waals surface area contributed by atoms with Crippen molar-refractivity contribution in [1.29, 1.82) is 0 Å². The molecule has 0 saturated carbocycles. The Hall–Kier alpha value is -1.44. The van der Waals surface area contributed by atoms with Gasteiger partial charge in [0.25, 0.3) is 0 Å². The van der Waals surface area contributed by atoms with E-state index in [4.69, 9.17) is 9.47 Å². The lowest BCUT2D eigenvalue weighted by molar-refractivity contribution is -0.205. The fraction of sp³-hybridized carbons (Fsp3) is 0.750. The highest BCUT2D eigenvalue weighted by molar-refractivity contribution is 5.83. The molecule has 2 fully saturated rings. The van der Waals surface area contributed by atoms with Crippen molar-refractivity contribution < 1.29 is 29.3 Å². The lowest BCUT2D eigenvalue weighted by Crippen LogP contribution is -2.61. The van der Waals surface area contributed by atoms with Crippen LogP contribution in [0.2, 0.25) is 0 Å². The Morgan fingerprint density at radius 1 is 1.30 bits per heavy atom. The molecule has 128 valence electrons. The number of rotatable bonds is 0. The third kappa shape index (κ3) is 2.38. The summed E-state index contributed by atoms with van der Waals surface area (Å²) in [6.07, 6.45) is 2.34. The molecule has 0 radical (unpaired) electrons. The Morgan fingerprint density at radius 2 is 2.00 bits per heavy atom. The quantitative estimate of drug-likeness (QED) is 0.462. The smallest absolute Gasteiger partial charge is 0.341 e. The third-order valence-corrected chi connectivity index (χ3v) is 5.63. The standard InChI is InChI=1S/C16H23NO6/c1-9-13(18)23-11-5-7-17-6-4-10(12(11)17)8-22-14(19)16(3,21)15(9,2)20/h4,9,11-12,20-21H,5-8H2,1-3H3/t9-,11-,12-,15-,16+/m1/s1. The molecule has 3 rings (SSSR count). The van der Waals surface area contributed by atoms with Crippen LogP contribution in [0.1, 0.15) is 27.2 Å². The van der Waals surface area contributed by atoms with Crippen LogP contribution in [0, 0.1) is 5.92 Å². The summed E-state index contributed by atoms with van der Waals surface area (Å²) in [5, 5.41) is 21.1. The number of esters is 2. The van der Waals surface area contributed by atoms with Gasteiger partial charge in [0.1, 0.15) is 18.3 Å². The van der Waals surface area contributed by atoms with Crippen LogP contribution in [0.4, 0.5) is 0 Å². The third-order valence-electron chi connectivity index (χ3n) is 5.63. The average molecular weight is 325 g/mol. The summed E-state index contributed by atoms with van der Waals surface area (Å²) >= 11 is 0. The van der Waals surface area contributed by atoms with Crippen molar-refractivity contribution in [3.8, 4) is 0 Å². The van der Waals surface area contributed by atoms with Gasteiger partial charge in [0.05, 0.1) is 12.0 Å². The first-order valence-corrected chi connectivity index (χ1v) is 7.91. The van der Waals surface area contributed by atoms with Gasteiger partial charge in [-0.3, -0.25) is 9.69 Å². The minimum absolute atomic E-state index is 0.0225. The second kappa shape index (κ2) is 5.29. The van der Waals surface area contributed by atoms with Crippen LogP contribution in [0.15, 0.2) is 11.6 Å². The summed E-state index contributed by atoms with van der Waals surface area (Å²) in [4.78, 5) is 26.9. The van der Waals surface area contributed by atoms with Crippen molar-refractivity contribution in [2.24, 2.45) is 5.92 Å². The van der Waals surface area contributed by atoms with Crippen LogP contribution < -0.4 is 0 Å². The molecule has 2 saturated heterocycles. The van der Waals surface area contributed by atoms with Gasteiger partial charge < -0.3 is 19.7 Å². The summed E-state index contributed by atoms with van der Waals surface area (Å²) in [6.45, 7) is 5.41. The van der Waals surface area contributed by atoms with E-state index in [-0.39, 0.29) is 18.8 Å². The van der Waals surface area contributed by atoms with E-state index < -0.39 is 29.1 Å². The topological polar surface area (TPSA) is 96.3 Å². The Labute approximate surface area is 134 Å². The molecular formula is C16H23NO6. The average Bonchev–Trinajstić information content (AvgIpc) is 3.06. The molecular weight excluding hydrogens is 302 g/mol. The fourth-order valence-corrected chi connectivity index (χ4v) is 3.52. The van der Waals surface area contributed by atoms with E-state index in [1.165, 1.54) is 13.8 Å². The summed E-state index contributed by atoms with van der Waals surface area (Å²) in [6, 6.07) is -0.0908. The van der Waals surface area contributed by atoms with Crippen molar-refractivity contribution >= 4 is 11.9 Å². The second-order valence-corrected chi connectivity index (χ2v) is 7.00. The first-order valence-electron chi connectivity index (χ1n) is 7.91. The van der Waals surface area contributed by atoms with E-state index in [9.17, 15) is 19.8 Å². The zero-order valence-corrected chi connectivity index (χ0v) is 13.6. The molecule has 0 aromatic carbocycles. The number of nitrogens with zero attached hydrogens (tertiary/aromatic N) is 1. The highest BCUT2D eigenvalue weighted by Gasteiger charge is 2.56. The molecule has 0 spiro atoms. The van der Waals surface area contributed by atoms with E-state index in [0.717, 1.165) is 25.6 Å². The zero-order chi connectivity index (χ0) is 17.0. The molecule has 3 aliphatic rings. The van der Waals surface area contributed by atoms with Gasteiger partial charge in [0.2, 0.25) is 0 Å². The maximum absolute atomic E-state index is 12.4. The lowest BCUT2D eigenvalue weighted by Gasteiger charge is -2.39. The minimum Gasteiger partial charge on any atom is -0.460 e. The molecule has 0 aromatic rings. The Balaban J connectivity index is 1.97. The van der Waals surface area contributed by atoms with Gasteiger partial charge in [-0.25, -0.2) is 4.79 Å². The van der Waals surface area contributed by atoms with Crippen molar-refractivity contribution in [1.82, 2.24) is 4.90 Å². The van der Waals surface area contributed by atoms with Crippen LogP contribution in [0.5, 0.6) is 0 Å². The van der Waals surface area contributed by atoms with Crippen molar-refractivity contribution in [2.45, 2.75) is 50.5 Å². The van der Waals surface area contributed by atoms with Gasteiger partial charge in [-0.1, -0.05) is 6.08 Å². The van der Waals surface area contributed by atoms with Gasteiger partial charge in [0.15, 0.2) is 5.60 Å². The zero-order valence-electron chi connectivity index (χ0n) is 13.6. The highest BCUT2D eigenvalue weighted by Crippen LogP contribution is 2.36. The predicted molar refractivity (Wildman–Crippen MR) is 79.3 cm³/mol. The van der Waals surface area contributed by atoms with Crippen LogP contribution in [0.3, 0.4) is 0 Å². The van der Waals surface area contributed by atoms with Crippen molar-refractivity contribution in [2.75, 3.05) is 19.7 Å². The van der Waals surface area contributed by atoms with Gasteiger partial charge >= 0.3 is 11.9 Å². The number of hydrogen-bond donors (Lipinski definition) is 2. The number of hydrogen-bond acceptors (Lipinski definition) is 7. The van der Waals surface area contributed by atoms with Crippen LogP contribution in [-0.4, -0.2) is 70.1 Å². The van der Waals surface area contributed by atoms with E-state index in [0.29, 0.717) is 6.42 Å². The number of carbonyl (C=O) groups excluding carboxylic acids is 2. The molecule has 5 atom stereocenters. The van der Waals surface area contributed by atoms with Crippen LogP contribution >= 0.6 is 0 Å². The molecule has 7 nitrogen and oxygen atoms in total. The summed E-state index contributed by atoms with van der Waals surface area (Å²) < 4.78 is 10.8. The number of cyclic esters (lactones) is 1. The summed E-state index contributed by atoms with van der Waals surface area (Å²) in [5.74, 6) is -2.65. The van der Waals surface area contributed by atoms with Gasteiger partial charge in [0, 0.05) is 13.1 Å². The molecule has 0 bridgehead atoms. The van der Waals surface area contributed by atoms with Crippen LogP contribution in [0.25, 0.3) is 0 Å². The number of ether oxygens (including phenoxy) is 2. The van der Waals surface area contributed by atoms with Crippen molar-refractivity contribution in [3.05, 3.63) is 11.6 Å². The Bertz CT molecular complexity index is 567. The maximum Gasteiger partial charge on any atom is 0.341 e. The number of aliphatic hydroxyl groups is 2. The first kappa shape index (κ1) is 16.4. The van der Waals surface area contributed by atoms with E-state index in [1.807, 2.05) is 6.08 Å². The van der Waals surface area contributed by atoms with Crippen molar-refractivity contribution in [3.63, 3.8) is 0 Å². The van der Waals surface area contributed by atoms with E-state index in [1.54, 1.807) is 0 Å². The van der Waals surface area contributed by atoms with Gasteiger partial charge in [-0.2, -0.15) is 0 Å². The number of carbonyl (C=O) groups is 2.